The molecular weight excluding hydrogens is 240 g/mol. The van der Waals surface area contributed by atoms with Crippen molar-refractivity contribution in [3.8, 4) is 0 Å². The predicted molar refractivity (Wildman–Crippen MR) is 74.5 cm³/mol. The fraction of sp³-hybridized carbons (Fsp3) is 0.533. The van der Waals surface area contributed by atoms with Gasteiger partial charge in [0.25, 0.3) is 0 Å². The van der Waals surface area contributed by atoms with E-state index in [9.17, 15) is 4.79 Å². The van der Waals surface area contributed by atoms with Crippen LogP contribution in [0.15, 0.2) is 24.3 Å². The molecule has 0 spiro atoms. The van der Waals surface area contributed by atoms with Gasteiger partial charge in [-0.2, -0.15) is 0 Å². The Hall–Kier alpha value is -1.39. The molecule has 0 aromatic heterocycles. The number of hydrogen-bond acceptors (Lipinski definition) is 3. The third-order valence-electron chi connectivity index (χ3n) is 3.52. The minimum absolute atomic E-state index is 0.0337. The zero-order valence-corrected chi connectivity index (χ0v) is 11.2. The van der Waals surface area contributed by atoms with Crippen molar-refractivity contribution in [3.63, 3.8) is 0 Å². The molecule has 0 saturated carbocycles. The number of amides is 1. The van der Waals surface area contributed by atoms with Crippen LogP contribution in [0.2, 0.25) is 0 Å². The SMILES string of the molecule is O=C(NCc1cccc(CO)c1)C1CCCCCN1. The predicted octanol–water partition coefficient (Wildman–Crippen LogP) is 1.33. The normalized spacial score (nSPS) is 19.7. The molecule has 1 amide bonds. The summed E-state index contributed by atoms with van der Waals surface area (Å²) in [6.45, 7) is 1.48. The third kappa shape index (κ3) is 4.33. The van der Waals surface area contributed by atoms with Crippen molar-refractivity contribution >= 4 is 5.91 Å². The van der Waals surface area contributed by atoms with E-state index in [0.29, 0.717) is 6.54 Å². The maximum atomic E-state index is 12.1. The van der Waals surface area contributed by atoms with E-state index >= 15 is 0 Å². The Morgan fingerprint density at radius 2 is 2.16 bits per heavy atom. The summed E-state index contributed by atoms with van der Waals surface area (Å²) in [6.07, 6.45) is 4.39. The molecular formula is C15H22N2O2. The van der Waals surface area contributed by atoms with Crippen molar-refractivity contribution < 1.29 is 9.90 Å². The van der Waals surface area contributed by atoms with Gasteiger partial charge in [-0.3, -0.25) is 4.79 Å². The second-order valence-electron chi connectivity index (χ2n) is 5.05. The van der Waals surface area contributed by atoms with Gasteiger partial charge in [-0.25, -0.2) is 0 Å². The number of aliphatic hydroxyl groups is 1. The van der Waals surface area contributed by atoms with Crippen molar-refractivity contribution in [3.05, 3.63) is 35.4 Å². The lowest BCUT2D eigenvalue weighted by molar-refractivity contribution is -0.123. The van der Waals surface area contributed by atoms with Crippen LogP contribution in [0.3, 0.4) is 0 Å². The van der Waals surface area contributed by atoms with Gasteiger partial charge in [0.05, 0.1) is 12.6 Å². The van der Waals surface area contributed by atoms with Gasteiger partial charge in [-0.05, 0) is 30.5 Å². The first-order chi connectivity index (χ1) is 9.29. The molecule has 1 aliphatic heterocycles. The van der Waals surface area contributed by atoms with E-state index in [4.69, 9.17) is 5.11 Å². The Morgan fingerprint density at radius 1 is 1.32 bits per heavy atom. The number of hydrogen-bond donors (Lipinski definition) is 3. The van der Waals surface area contributed by atoms with E-state index < -0.39 is 0 Å². The van der Waals surface area contributed by atoms with Crippen LogP contribution in [0.1, 0.15) is 36.8 Å². The first-order valence-corrected chi connectivity index (χ1v) is 6.99. The van der Waals surface area contributed by atoms with Crippen molar-refractivity contribution in [2.24, 2.45) is 0 Å². The standard InChI is InChI=1S/C15H22N2O2/c18-11-13-6-4-5-12(9-13)10-17-15(19)14-7-2-1-3-8-16-14/h4-6,9,14,16,18H,1-3,7-8,10-11H2,(H,17,19). The van der Waals surface area contributed by atoms with Crippen molar-refractivity contribution in [1.82, 2.24) is 10.6 Å². The van der Waals surface area contributed by atoms with Crippen LogP contribution in [-0.2, 0) is 17.9 Å². The Morgan fingerprint density at radius 3 is 3.00 bits per heavy atom. The molecule has 2 rings (SSSR count). The molecule has 19 heavy (non-hydrogen) atoms. The maximum Gasteiger partial charge on any atom is 0.237 e. The van der Waals surface area contributed by atoms with Crippen LogP contribution >= 0.6 is 0 Å². The molecule has 4 nitrogen and oxygen atoms in total. The summed E-state index contributed by atoms with van der Waals surface area (Å²) >= 11 is 0. The highest BCUT2D eigenvalue weighted by Crippen LogP contribution is 2.09. The second kappa shape index (κ2) is 7.26. The summed E-state index contributed by atoms with van der Waals surface area (Å²) in [6, 6.07) is 7.60. The van der Waals surface area contributed by atoms with Crippen LogP contribution in [-0.4, -0.2) is 23.6 Å². The summed E-state index contributed by atoms with van der Waals surface area (Å²) in [5, 5.41) is 15.3. The lowest BCUT2D eigenvalue weighted by atomic mass is 10.1. The number of benzene rings is 1. The van der Waals surface area contributed by atoms with Gasteiger partial charge in [0.1, 0.15) is 0 Å². The molecule has 104 valence electrons. The number of carbonyl (C=O) groups is 1. The smallest absolute Gasteiger partial charge is 0.237 e. The average Bonchev–Trinajstić information content (AvgIpc) is 2.74. The van der Waals surface area contributed by atoms with Gasteiger partial charge in [0.2, 0.25) is 5.91 Å². The van der Waals surface area contributed by atoms with E-state index in [1.54, 1.807) is 0 Å². The van der Waals surface area contributed by atoms with Crippen LogP contribution in [0.5, 0.6) is 0 Å². The molecule has 1 aromatic rings. The Bertz CT molecular complexity index is 412. The quantitative estimate of drug-likeness (QED) is 0.767. The molecule has 4 heteroatoms. The average molecular weight is 262 g/mol. The molecule has 1 fully saturated rings. The van der Waals surface area contributed by atoms with Crippen molar-refractivity contribution in [2.75, 3.05) is 6.54 Å². The Kier molecular flexibility index (Phi) is 5.36. The molecule has 1 saturated heterocycles. The van der Waals surface area contributed by atoms with Crippen molar-refractivity contribution in [2.45, 2.75) is 44.9 Å². The molecule has 1 aromatic carbocycles. The topological polar surface area (TPSA) is 61.4 Å². The number of aliphatic hydroxyl groups excluding tert-OH is 1. The molecule has 1 heterocycles. The summed E-state index contributed by atoms with van der Waals surface area (Å²) < 4.78 is 0. The first-order valence-electron chi connectivity index (χ1n) is 6.99. The van der Waals surface area contributed by atoms with E-state index in [1.807, 2.05) is 24.3 Å². The van der Waals surface area contributed by atoms with Crippen LogP contribution in [0, 0.1) is 0 Å². The summed E-state index contributed by atoms with van der Waals surface area (Å²) in [4.78, 5) is 12.1. The molecule has 1 aliphatic rings. The maximum absolute atomic E-state index is 12.1. The third-order valence-corrected chi connectivity index (χ3v) is 3.52. The minimum atomic E-state index is -0.0523. The van der Waals surface area contributed by atoms with Crippen LogP contribution < -0.4 is 10.6 Å². The molecule has 3 N–H and O–H groups in total. The van der Waals surface area contributed by atoms with Gasteiger partial charge in [-0.15, -0.1) is 0 Å². The Balaban J connectivity index is 1.84. The van der Waals surface area contributed by atoms with Gasteiger partial charge < -0.3 is 15.7 Å². The van der Waals surface area contributed by atoms with Crippen LogP contribution in [0.4, 0.5) is 0 Å². The number of carbonyl (C=O) groups excluding carboxylic acids is 1. The summed E-state index contributed by atoms with van der Waals surface area (Å²) in [7, 11) is 0. The van der Waals surface area contributed by atoms with Gasteiger partial charge in [0.15, 0.2) is 0 Å². The van der Waals surface area contributed by atoms with Crippen molar-refractivity contribution in [1.29, 1.82) is 0 Å². The molecule has 0 bridgehead atoms. The van der Waals surface area contributed by atoms with Gasteiger partial charge in [-0.1, -0.05) is 37.1 Å². The van der Waals surface area contributed by atoms with E-state index in [-0.39, 0.29) is 18.6 Å². The first kappa shape index (κ1) is 14.0. The van der Waals surface area contributed by atoms with Gasteiger partial charge >= 0.3 is 0 Å². The molecule has 0 radical (unpaired) electrons. The largest absolute Gasteiger partial charge is 0.392 e. The van der Waals surface area contributed by atoms with Gasteiger partial charge in [0, 0.05) is 6.54 Å². The number of rotatable bonds is 4. The van der Waals surface area contributed by atoms with E-state index in [0.717, 1.165) is 36.9 Å². The fourth-order valence-electron chi connectivity index (χ4n) is 2.40. The summed E-state index contributed by atoms with van der Waals surface area (Å²) in [5.74, 6) is 0.0799. The summed E-state index contributed by atoms with van der Waals surface area (Å²) in [5.41, 5.74) is 1.90. The Labute approximate surface area is 114 Å². The highest BCUT2D eigenvalue weighted by Gasteiger charge is 2.18. The van der Waals surface area contributed by atoms with E-state index in [2.05, 4.69) is 10.6 Å². The van der Waals surface area contributed by atoms with E-state index in [1.165, 1.54) is 6.42 Å². The lowest BCUT2D eigenvalue weighted by Gasteiger charge is -2.15. The highest BCUT2D eigenvalue weighted by molar-refractivity contribution is 5.81. The zero-order valence-electron chi connectivity index (χ0n) is 11.2. The minimum Gasteiger partial charge on any atom is -0.392 e. The number of nitrogens with one attached hydrogen (secondary N) is 2. The lowest BCUT2D eigenvalue weighted by Crippen LogP contribution is -2.43. The van der Waals surface area contributed by atoms with Crippen LogP contribution in [0.25, 0.3) is 0 Å². The molecule has 1 atom stereocenters. The highest BCUT2D eigenvalue weighted by atomic mass is 16.3. The second-order valence-corrected chi connectivity index (χ2v) is 5.05. The monoisotopic (exact) mass is 262 g/mol. The molecule has 0 aliphatic carbocycles. The fourth-order valence-corrected chi connectivity index (χ4v) is 2.40. The molecule has 1 unspecified atom stereocenters. The zero-order chi connectivity index (χ0) is 13.5.